The van der Waals surface area contributed by atoms with Crippen molar-refractivity contribution in [3.05, 3.63) is 0 Å². The second kappa shape index (κ2) is 7.24. The fourth-order valence-corrected chi connectivity index (χ4v) is 2.33. The Bertz CT molecular complexity index is 320. The summed E-state index contributed by atoms with van der Waals surface area (Å²) in [5.74, 6) is -0.994. The number of hydrogen-bond acceptors (Lipinski definition) is 4. The highest BCUT2D eigenvalue weighted by molar-refractivity contribution is 5.67. The molecule has 2 unspecified atom stereocenters. The molecule has 102 valence electrons. The van der Waals surface area contributed by atoms with Crippen molar-refractivity contribution in [2.45, 2.75) is 25.3 Å². The molecular weight excluding hydrogens is 244 g/mol. The molecule has 1 aliphatic rings. The van der Waals surface area contributed by atoms with E-state index in [2.05, 4.69) is 5.32 Å². The molecule has 2 N–H and O–H groups in total. The molecule has 0 radical (unpaired) electrons. The number of carbonyl (C=O) groups is 1. The number of aliphatic carboxylic acids is 1. The van der Waals surface area contributed by atoms with Crippen molar-refractivity contribution >= 4 is 5.97 Å². The molecule has 0 amide bonds. The van der Waals surface area contributed by atoms with Gasteiger partial charge in [-0.2, -0.15) is 5.26 Å². The van der Waals surface area contributed by atoms with Gasteiger partial charge >= 0.3 is 5.97 Å². The normalized spacial score (nSPS) is 25.0. The van der Waals surface area contributed by atoms with Crippen molar-refractivity contribution in [1.82, 2.24) is 10.2 Å². The van der Waals surface area contributed by atoms with Crippen LogP contribution in [0.25, 0.3) is 0 Å². The lowest BCUT2D eigenvalue weighted by Crippen LogP contribution is -2.50. The van der Waals surface area contributed by atoms with Gasteiger partial charge in [-0.1, -0.05) is 0 Å². The van der Waals surface area contributed by atoms with E-state index in [0.717, 1.165) is 0 Å². The van der Waals surface area contributed by atoms with Crippen LogP contribution in [0.5, 0.6) is 0 Å². The first-order valence-electron chi connectivity index (χ1n) is 5.84. The number of rotatable bonds is 6. The van der Waals surface area contributed by atoms with E-state index >= 15 is 0 Å². The molecule has 0 saturated carbocycles. The molecular formula is C11H17F2N3O2. The molecule has 1 heterocycles. The number of carboxylic acids is 1. The van der Waals surface area contributed by atoms with Gasteiger partial charge in [-0.05, 0) is 12.3 Å². The summed E-state index contributed by atoms with van der Waals surface area (Å²) in [6.07, 6.45) is -1.86. The number of hydrogen-bond donors (Lipinski definition) is 2. The Labute approximate surface area is 104 Å². The van der Waals surface area contributed by atoms with Crippen LogP contribution in [0.4, 0.5) is 8.78 Å². The minimum atomic E-state index is -2.42. The Balaban J connectivity index is 2.51. The van der Waals surface area contributed by atoms with Crippen LogP contribution in [-0.4, -0.2) is 54.6 Å². The summed E-state index contributed by atoms with van der Waals surface area (Å²) in [6.45, 7) is 0.844. The Morgan fingerprint density at radius 2 is 2.28 bits per heavy atom. The summed E-state index contributed by atoms with van der Waals surface area (Å²) >= 11 is 0. The number of nitrogens with one attached hydrogen (secondary N) is 1. The highest BCUT2D eigenvalue weighted by Crippen LogP contribution is 2.20. The van der Waals surface area contributed by atoms with Gasteiger partial charge in [0, 0.05) is 25.6 Å². The number of nitrogens with zero attached hydrogens (tertiary/aromatic N) is 2. The average molecular weight is 261 g/mol. The molecule has 0 aromatic heterocycles. The molecule has 7 heteroatoms. The standard InChI is InChI=1S/C11H17F2N3O2/c12-10(13)5-15-9-3-8(4-11(17)18)6-16(7-9)2-1-14/h8-10,15H,2-7H2,(H,17,18). The second-order valence-corrected chi connectivity index (χ2v) is 4.55. The van der Waals surface area contributed by atoms with E-state index in [1.807, 2.05) is 6.07 Å². The number of alkyl halides is 2. The van der Waals surface area contributed by atoms with Crippen molar-refractivity contribution < 1.29 is 18.7 Å². The lowest BCUT2D eigenvalue weighted by Gasteiger charge is -2.36. The first-order valence-corrected chi connectivity index (χ1v) is 5.84. The summed E-state index contributed by atoms with van der Waals surface area (Å²) in [7, 11) is 0. The van der Waals surface area contributed by atoms with Gasteiger partial charge in [-0.25, -0.2) is 8.78 Å². The summed E-state index contributed by atoms with van der Waals surface area (Å²) < 4.78 is 24.2. The maximum Gasteiger partial charge on any atom is 0.303 e. The van der Waals surface area contributed by atoms with Crippen LogP contribution in [0.1, 0.15) is 12.8 Å². The van der Waals surface area contributed by atoms with Gasteiger partial charge in [0.2, 0.25) is 0 Å². The van der Waals surface area contributed by atoms with E-state index in [1.165, 1.54) is 0 Å². The average Bonchev–Trinajstić information content (AvgIpc) is 2.25. The van der Waals surface area contributed by atoms with E-state index in [0.29, 0.717) is 19.5 Å². The third-order valence-electron chi connectivity index (χ3n) is 2.93. The molecule has 1 rings (SSSR count). The fourth-order valence-electron chi connectivity index (χ4n) is 2.33. The molecule has 0 aromatic rings. The van der Waals surface area contributed by atoms with Crippen LogP contribution in [-0.2, 0) is 4.79 Å². The molecule has 0 aromatic carbocycles. The monoisotopic (exact) mass is 261 g/mol. The van der Waals surface area contributed by atoms with Gasteiger partial charge in [0.15, 0.2) is 0 Å². The number of carboxylic acid groups (broad SMARTS) is 1. The Hall–Kier alpha value is -1.26. The minimum Gasteiger partial charge on any atom is -0.481 e. The largest absolute Gasteiger partial charge is 0.481 e. The van der Waals surface area contributed by atoms with Crippen LogP contribution in [0.3, 0.4) is 0 Å². The third-order valence-corrected chi connectivity index (χ3v) is 2.93. The van der Waals surface area contributed by atoms with Crippen LogP contribution in [0, 0.1) is 17.2 Å². The van der Waals surface area contributed by atoms with Gasteiger partial charge in [-0.3, -0.25) is 9.69 Å². The zero-order valence-electron chi connectivity index (χ0n) is 9.98. The predicted molar refractivity (Wildman–Crippen MR) is 60.2 cm³/mol. The number of halogens is 2. The molecule has 1 aliphatic heterocycles. The highest BCUT2D eigenvalue weighted by Gasteiger charge is 2.28. The lowest BCUT2D eigenvalue weighted by molar-refractivity contribution is -0.138. The summed E-state index contributed by atoms with van der Waals surface area (Å²) in [6, 6.07) is 1.82. The summed E-state index contributed by atoms with van der Waals surface area (Å²) in [4.78, 5) is 12.5. The molecule has 0 aliphatic carbocycles. The van der Waals surface area contributed by atoms with Gasteiger partial charge < -0.3 is 10.4 Å². The lowest BCUT2D eigenvalue weighted by atomic mass is 9.91. The number of likely N-dealkylation sites (tertiary alicyclic amines) is 1. The highest BCUT2D eigenvalue weighted by atomic mass is 19.3. The van der Waals surface area contributed by atoms with Crippen molar-refractivity contribution in [1.29, 1.82) is 5.26 Å². The van der Waals surface area contributed by atoms with Crippen molar-refractivity contribution in [3.8, 4) is 6.07 Å². The van der Waals surface area contributed by atoms with E-state index in [9.17, 15) is 13.6 Å². The van der Waals surface area contributed by atoms with Crippen LogP contribution in [0.2, 0.25) is 0 Å². The van der Waals surface area contributed by atoms with Crippen molar-refractivity contribution in [3.63, 3.8) is 0 Å². The SMILES string of the molecule is N#CCN1CC(CC(=O)O)CC(NCC(F)F)C1. The Kier molecular flexibility index (Phi) is 5.95. The molecule has 0 spiro atoms. The molecule has 5 nitrogen and oxygen atoms in total. The zero-order chi connectivity index (χ0) is 13.5. The van der Waals surface area contributed by atoms with E-state index in [-0.39, 0.29) is 24.9 Å². The molecule has 2 atom stereocenters. The molecule has 1 saturated heterocycles. The maximum absolute atomic E-state index is 12.1. The van der Waals surface area contributed by atoms with E-state index < -0.39 is 18.9 Å². The summed E-state index contributed by atoms with van der Waals surface area (Å²) in [5.41, 5.74) is 0. The maximum atomic E-state index is 12.1. The quantitative estimate of drug-likeness (QED) is 0.682. The number of piperidine rings is 1. The van der Waals surface area contributed by atoms with Gasteiger partial charge in [0.1, 0.15) is 0 Å². The van der Waals surface area contributed by atoms with Crippen LogP contribution >= 0.6 is 0 Å². The van der Waals surface area contributed by atoms with Gasteiger partial charge in [-0.15, -0.1) is 0 Å². The minimum absolute atomic E-state index is 0.00872. The van der Waals surface area contributed by atoms with Crippen molar-refractivity contribution in [2.24, 2.45) is 5.92 Å². The fraction of sp³-hybridized carbons (Fsp3) is 0.818. The Morgan fingerprint density at radius 3 is 2.83 bits per heavy atom. The smallest absolute Gasteiger partial charge is 0.303 e. The zero-order valence-corrected chi connectivity index (χ0v) is 9.98. The van der Waals surface area contributed by atoms with Crippen molar-refractivity contribution in [2.75, 3.05) is 26.2 Å². The molecule has 18 heavy (non-hydrogen) atoms. The first-order chi connectivity index (χ1) is 8.51. The van der Waals surface area contributed by atoms with Crippen LogP contribution < -0.4 is 5.32 Å². The first kappa shape index (κ1) is 14.8. The van der Waals surface area contributed by atoms with Gasteiger partial charge in [0.25, 0.3) is 6.43 Å². The topological polar surface area (TPSA) is 76.4 Å². The Morgan fingerprint density at radius 1 is 1.56 bits per heavy atom. The molecule has 1 fully saturated rings. The molecule has 0 bridgehead atoms. The van der Waals surface area contributed by atoms with Crippen LogP contribution in [0.15, 0.2) is 0 Å². The predicted octanol–water partition coefficient (Wildman–Crippen LogP) is 0.530. The second-order valence-electron chi connectivity index (χ2n) is 4.55. The third kappa shape index (κ3) is 5.38. The van der Waals surface area contributed by atoms with E-state index in [4.69, 9.17) is 10.4 Å². The number of nitriles is 1. The summed E-state index contributed by atoms with van der Waals surface area (Å²) in [5, 5.41) is 20.1. The van der Waals surface area contributed by atoms with Gasteiger partial charge in [0.05, 0.1) is 19.2 Å². The van der Waals surface area contributed by atoms with E-state index in [1.54, 1.807) is 4.90 Å².